The van der Waals surface area contributed by atoms with Gasteiger partial charge in [0, 0.05) is 17.5 Å². The highest BCUT2D eigenvalue weighted by atomic mass is 16.4. The fourth-order valence-corrected chi connectivity index (χ4v) is 2.83. The number of likely N-dealkylation sites (tertiary alicyclic amines) is 1. The molecule has 0 atom stereocenters. The van der Waals surface area contributed by atoms with Crippen molar-refractivity contribution >= 4 is 16.9 Å². The van der Waals surface area contributed by atoms with E-state index >= 15 is 0 Å². The largest absolute Gasteiger partial charge is 0.506 e. The summed E-state index contributed by atoms with van der Waals surface area (Å²) >= 11 is 0. The van der Waals surface area contributed by atoms with Gasteiger partial charge in [0.05, 0.1) is 5.52 Å². The summed E-state index contributed by atoms with van der Waals surface area (Å²) in [5, 5.41) is 19.5. The first-order valence-corrected chi connectivity index (χ1v) is 6.90. The molecule has 1 aromatic heterocycles. The second kappa shape index (κ2) is 5.21. The molecule has 6 nitrogen and oxygen atoms in total. The molecule has 0 unspecified atom stereocenters. The van der Waals surface area contributed by atoms with E-state index in [0.29, 0.717) is 11.9 Å². The predicted octanol–water partition coefficient (Wildman–Crippen LogP) is 1.53. The molecule has 0 bridgehead atoms. The van der Waals surface area contributed by atoms with Gasteiger partial charge in [0.25, 0.3) is 0 Å². The maximum Gasteiger partial charge on any atom is 0.352 e. The van der Waals surface area contributed by atoms with Gasteiger partial charge in [0.2, 0.25) is 0 Å². The van der Waals surface area contributed by atoms with E-state index in [0.717, 1.165) is 25.9 Å². The maximum atomic E-state index is 12.6. The number of carboxylic acids is 1. The van der Waals surface area contributed by atoms with Crippen LogP contribution in [0.4, 0.5) is 0 Å². The van der Waals surface area contributed by atoms with E-state index in [4.69, 9.17) is 0 Å². The average Bonchev–Trinajstić information content (AvgIpc) is 2.95. The van der Waals surface area contributed by atoms with Crippen LogP contribution in [0.5, 0.6) is 5.75 Å². The van der Waals surface area contributed by atoms with E-state index in [1.165, 1.54) is 6.07 Å². The van der Waals surface area contributed by atoms with Crippen molar-refractivity contribution in [2.24, 2.45) is 0 Å². The van der Waals surface area contributed by atoms with Gasteiger partial charge in [-0.05, 0) is 38.1 Å². The third kappa shape index (κ3) is 2.38. The molecule has 3 rings (SSSR count). The number of rotatable bonds is 3. The number of benzene rings is 1. The lowest BCUT2D eigenvalue weighted by Gasteiger charge is -2.16. The number of phenolic OH excluding ortho intramolecular Hbond substituents is 1. The molecular formula is C15H16N2O4. The summed E-state index contributed by atoms with van der Waals surface area (Å²) in [7, 11) is 0. The van der Waals surface area contributed by atoms with Crippen molar-refractivity contribution in [1.29, 1.82) is 0 Å². The molecule has 0 amide bonds. The predicted molar refractivity (Wildman–Crippen MR) is 77.7 cm³/mol. The molecule has 2 heterocycles. The van der Waals surface area contributed by atoms with Crippen molar-refractivity contribution in [2.75, 3.05) is 13.1 Å². The van der Waals surface area contributed by atoms with Crippen LogP contribution in [0.15, 0.2) is 23.0 Å². The van der Waals surface area contributed by atoms with Crippen molar-refractivity contribution in [3.05, 3.63) is 39.7 Å². The Morgan fingerprint density at radius 3 is 2.67 bits per heavy atom. The summed E-state index contributed by atoms with van der Waals surface area (Å²) in [6.07, 6.45) is 2.13. The van der Waals surface area contributed by atoms with Crippen LogP contribution in [0, 0.1) is 0 Å². The molecule has 1 aromatic carbocycles. The van der Waals surface area contributed by atoms with Crippen LogP contribution in [0.3, 0.4) is 0 Å². The summed E-state index contributed by atoms with van der Waals surface area (Å²) in [5.74, 6) is -1.31. The van der Waals surface area contributed by atoms with Crippen LogP contribution in [0.25, 0.3) is 10.9 Å². The summed E-state index contributed by atoms with van der Waals surface area (Å²) < 4.78 is 0. The van der Waals surface area contributed by atoms with Crippen LogP contribution in [-0.4, -0.2) is 39.2 Å². The molecule has 0 aliphatic carbocycles. The van der Waals surface area contributed by atoms with Gasteiger partial charge in [-0.25, -0.2) is 4.79 Å². The van der Waals surface area contributed by atoms with E-state index < -0.39 is 5.97 Å². The number of nitrogens with one attached hydrogen (secondary N) is 1. The van der Waals surface area contributed by atoms with Gasteiger partial charge in [-0.3, -0.25) is 9.69 Å². The van der Waals surface area contributed by atoms with Gasteiger partial charge in [0.1, 0.15) is 11.4 Å². The highest BCUT2D eigenvalue weighted by Gasteiger charge is 2.22. The number of aromatic amines is 1. The fourth-order valence-electron chi connectivity index (χ4n) is 2.83. The van der Waals surface area contributed by atoms with Crippen LogP contribution in [-0.2, 0) is 6.54 Å². The van der Waals surface area contributed by atoms with Gasteiger partial charge in [-0.15, -0.1) is 0 Å². The zero-order valence-electron chi connectivity index (χ0n) is 11.4. The van der Waals surface area contributed by atoms with E-state index in [1.54, 1.807) is 12.1 Å². The van der Waals surface area contributed by atoms with Gasteiger partial charge in [0.15, 0.2) is 5.43 Å². The lowest BCUT2D eigenvalue weighted by molar-refractivity contribution is 0.0688. The van der Waals surface area contributed by atoms with Crippen molar-refractivity contribution < 1.29 is 15.0 Å². The molecule has 21 heavy (non-hydrogen) atoms. The van der Waals surface area contributed by atoms with Gasteiger partial charge < -0.3 is 15.2 Å². The number of carbonyl (C=O) groups is 1. The van der Waals surface area contributed by atoms with E-state index in [9.17, 15) is 19.8 Å². The molecule has 1 aliphatic rings. The number of pyridine rings is 1. The van der Waals surface area contributed by atoms with Gasteiger partial charge >= 0.3 is 5.97 Å². The summed E-state index contributed by atoms with van der Waals surface area (Å²) in [5.41, 5.74) is -0.0441. The minimum atomic E-state index is -1.19. The number of aromatic hydroxyl groups is 1. The number of para-hydroxylation sites is 1. The Hall–Kier alpha value is -2.34. The number of nitrogens with zero attached hydrogens (tertiary/aromatic N) is 1. The SMILES string of the molecule is O=C(O)c1[nH]c2c(O)cccc2c(=O)c1CN1CCCC1. The third-order valence-corrected chi connectivity index (χ3v) is 3.91. The minimum absolute atomic E-state index is 0.125. The minimum Gasteiger partial charge on any atom is -0.506 e. The normalized spacial score (nSPS) is 15.6. The molecule has 6 heteroatoms. The monoisotopic (exact) mass is 288 g/mol. The van der Waals surface area contributed by atoms with Crippen LogP contribution in [0.1, 0.15) is 28.9 Å². The maximum absolute atomic E-state index is 12.6. The zero-order chi connectivity index (χ0) is 15.0. The highest BCUT2D eigenvalue weighted by Crippen LogP contribution is 2.22. The molecule has 3 N–H and O–H groups in total. The number of aromatic carboxylic acids is 1. The average molecular weight is 288 g/mol. The second-order valence-corrected chi connectivity index (χ2v) is 5.30. The molecule has 2 aromatic rings. The molecule has 0 radical (unpaired) electrons. The number of hydrogen-bond acceptors (Lipinski definition) is 4. The standard InChI is InChI=1S/C15H16N2O4/c18-11-5-3-4-9-12(11)16-13(15(20)21)10(14(9)19)8-17-6-1-2-7-17/h3-5,18H,1-2,6-8H2,(H,16,19)(H,20,21). The number of aromatic nitrogens is 1. The Balaban J connectivity index is 2.20. The molecular weight excluding hydrogens is 272 g/mol. The highest BCUT2D eigenvalue weighted by molar-refractivity contribution is 5.93. The van der Waals surface area contributed by atoms with Crippen LogP contribution in [0.2, 0.25) is 0 Å². The third-order valence-electron chi connectivity index (χ3n) is 3.91. The van der Waals surface area contributed by atoms with E-state index in [1.807, 2.05) is 0 Å². The number of fused-ring (bicyclic) bond motifs is 1. The van der Waals surface area contributed by atoms with E-state index in [-0.39, 0.29) is 28.0 Å². The second-order valence-electron chi connectivity index (χ2n) is 5.30. The first-order chi connectivity index (χ1) is 10.1. The number of carboxylic acid groups (broad SMARTS) is 1. The van der Waals surface area contributed by atoms with Crippen molar-refractivity contribution in [2.45, 2.75) is 19.4 Å². The molecule has 1 fully saturated rings. The number of phenols is 1. The van der Waals surface area contributed by atoms with Crippen LogP contribution >= 0.6 is 0 Å². The Kier molecular flexibility index (Phi) is 3.39. The lowest BCUT2D eigenvalue weighted by Crippen LogP contribution is -2.27. The number of hydrogen-bond donors (Lipinski definition) is 3. The van der Waals surface area contributed by atoms with Crippen molar-refractivity contribution in [1.82, 2.24) is 9.88 Å². The Morgan fingerprint density at radius 1 is 1.29 bits per heavy atom. The van der Waals surface area contributed by atoms with Crippen molar-refractivity contribution in [3.8, 4) is 5.75 Å². The smallest absolute Gasteiger partial charge is 0.352 e. The Bertz CT molecular complexity index is 760. The topological polar surface area (TPSA) is 93.6 Å². The molecule has 0 spiro atoms. The molecule has 1 aliphatic heterocycles. The van der Waals surface area contributed by atoms with Gasteiger partial charge in [-0.2, -0.15) is 0 Å². The molecule has 0 saturated carbocycles. The fraction of sp³-hybridized carbons (Fsp3) is 0.333. The van der Waals surface area contributed by atoms with E-state index in [2.05, 4.69) is 9.88 Å². The first-order valence-electron chi connectivity index (χ1n) is 6.90. The first kappa shape index (κ1) is 13.6. The van der Waals surface area contributed by atoms with Gasteiger partial charge in [-0.1, -0.05) is 6.07 Å². The summed E-state index contributed by atoms with van der Waals surface area (Å²) in [4.78, 5) is 28.8. The molecule has 110 valence electrons. The number of H-pyrrole nitrogens is 1. The summed E-state index contributed by atoms with van der Waals surface area (Å²) in [6, 6.07) is 4.59. The van der Waals surface area contributed by atoms with Crippen LogP contribution < -0.4 is 5.43 Å². The Labute approximate surface area is 120 Å². The quantitative estimate of drug-likeness (QED) is 0.796. The van der Waals surface area contributed by atoms with Crippen molar-refractivity contribution in [3.63, 3.8) is 0 Å². The lowest BCUT2D eigenvalue weighted by atomic mass is 10.1. The summed E-state index contributed by atoms with van der Waals surface area (Å²) in [6.45, 7) is 2.07. The zero-order valence-corrected chi connectivity index (χ0v) is 11.4. The molecule has 1 saturated heterocycles. The Morgan fingerprint density at radius 2 is 2.00 bits per heavy atom.